The van der Waals surface area contributed by atoms with Crippen molar-refractivity contribution in [3.8, 4) is 16.9 Å². The number of ether oxygens (including phenoxy) is 1. The minimum Gasteiger partial charge on any atom is -0.482 e. The topological polar surface area (TPSA) is 9.23 Å². The van der Waals surface area contributed by atoms with E-state index in [1.54, 1.807) is 11.8 Å². The van der Waals surface area contributed by atoms with Gasteiger partial charge in [0.05, 0.1) is 0 Å². The van der Waals surface area contributed by atoms with Gasteiger partial charge in [-0.05, 0) is 35.9 Å². The molecule has 0 amide bonds. The number of hydrogen-bond donors (Lipinski definition) is 0. The fourth-order valence-corrected chi connectivity index (χ4v) is 2.92. The second-order valence-corrected chi connectivity index (χ2v) is 6.15. The molecule has 3 rings (SSSR count). The monoisotopic (exact) mass is 326 g/mol. The van der Waals surface area contributed by atoms with Gasteiger partial charge in [0.25, 0.3) is 0 Å². The summed E-state index contributed by atoms with van der Waals surface area (Å²) < 4.78 is 5.96. The lowest BCUT2D eigenvalue weighted by molar-refractivity contribution is 0.394. The van der Waals surface area contributed by atoms with E-state index >= 15 is 0 Å². The van der Waals surface area contributed by atoms with Gasteiger partial charge in [-0.2, -0.15) is 0 Å². The molecule has 0 fully saturated rings. The molecule has 0 atom stereocenters. The number of rotatable bonds is 5. The molecular weight excluding hydrogens is 312 g/mol. The molecule has 0 N–H and O–H groups in total. The summed E-state index contributed by atoms with van der Waals surface area (Å²) in [6.07, 6.45) is 0. The van der Waals surface area contributed by atoms with Crippen LogP contribution in [0, 0.1) is 0 Å². The SMILES string of the molecule is Clc1ccc(SCOc2ccccc2-c2ccccc2)cc1. The number of hydrogen-bond acceptors (Lipinski definition) is 2. The van der Waals surface area contributed by atoms with Crippen LogP contribution in [-0.2, 0) is 0 Å². The normalized spacial score (nSPS) is 10.4. The quantitative estimate of drug-likeness (QED) is 0.411. The molecule has 0 heterocycles. The zero-order chi connectivity index (χ0) is 15.2. The van der Waals surface area contributed by atoms with E-state index in [9.17, 15) is 0 Å². The van der Waals surface area contributed by atoms with Gasteiger partial charge >= 0.3 is 0 Å². The first-order chi connectivity index (χ1) is 10.8. The molecule has 22 heavy (non-hydrogen) atoms. The molecule has 0 aliphatic rings. The standard InChI is InChI=1S/C19H15ClOS/c20-16-10-12-17(13-11-16)22-14-21-19-9-5-4-8-18(19)15-6-2-1-3-7-15/h1-13H,14H2. The van der Waals surface area contributed by atoms with Gasteiger partial charge in [0, 0.05) is 15.5 Å². The zero-order valence-electron chi connectivity index (χ0n) is 11.9. The van der Waals surface area contributed by atoms with Gasteiger partial charge in [-0.1, -0.05) is 71.9 Å². The maximum Gasteiger partial charge on any atom is 0.138 e. The van der Waals surface area contributed by atoms with Crippen molar-refractivity contribution in [2.24, 2.45) is 0 Å². The molecule has 1 nitrogen and oxygen atoms in total. The Morgan fingerprint density at radius 3 is 2.23 bits per heavy atom. The second-order valence-electron chi connectivity index (χ2n) is 4.72. The zero-order valence-corrected chi connectivity index (χ0v) is 13.5. The highest BCUT2D eigenvalue weighted by Gasteiger charge is 2.05. The number of benzene rings is 3. The molecule has 0 bridgehead atoms. The van der Waals surface area contributed by atoms with Gasteiger partial charge in [0.2, 0.25) is 0 Å². The third kappa shape index (κ3) is 3.85. The van der Waals surface area contributed by atoms with Crippen molar-refractivity contribution < 1.29 is 4.74 Å². The summed E-state index contributed by atoms with van der Waals surface area (Å²) in [5.41, 5.74) is 2.27. The molecule has 0 saturated carbocycles. The molecule has 110 valence electrons. The fraction of sp³-hybridized carbons (Fsp3) is 0.0526. The third-order valence-corrected chi connectivity index (χ3v) is 4.32. The summed E-state index contributed by atoms with van der Waals surface area (Å²) in [5, 5.41) is 0.750. The van der Waals surface area contributed by atoms with Gasteiger partial charge in [-0.15, -0.1) is 0 Å². The van der Waals surface area contributed by atoms with Gasteiger partial charge in [0.1, 0.15) is 11.7 Å². The van der Waals surface area contributed by atoms with Crippen LogP contribution >= 0.6 is 23.4 Å². The summed E-state index contributed by atoms with van der Waals surface area (Å²) in [6.45, 7) is 0. The molecule has 3 heteroatoms. The van der Waals surface area contributed by atoms with Crippen LogP contribution in [-0.4, -0.2) is 5.94 Å². The molecule has 3 aromatic carbocycles. The van der Waals surface area contributed by atoms with E-state index in [0.29, 0.717) is 5.94 Å². The average Bonchev–Trinajstić information content (AvgIpc) is 2.58. The Morgan fingerprint density at radius 2 is 1.45 bits per heavy atom. The van der Waals surface area contributed by atoms with E-state index in [1.165, 1.54) is 0 Å². The van der Waals surface area contributed by atoms with Gasteiger partial charge in [0.15, 0.2) is 0 Å². The van der Waals surface area contributed by atoms with E-state index in [4.69, 9.17) is 16.3 Å². The molecule has 0 aliphatic heterocycles. The Bertz CT molecular complexity index is 726. The maximum absolute atomic E-state index is 5.96. The average molecular weight is 327 g/mol. The summed E-state index contributed by atoms with van der Waals surface area (Å²) in [6, 6.07) is 26.2. The van der Waals surface area contributed by atoms with Crippen LogP contribution in [0.15, 0.2) is 83.8 Å². The first-order valence-corrected chi connectivity index (χ1v) is 8.35. The van der Waals surface area contributed by atoms with Gasteiger partial charge in [-0.25, -0.2) is 0 Å². The third-order valence-electron chi connectivity index (χ3n) is 3.23. The van der Waals surface area contributed by atoms with Crippen molar-refractivity contribution in [2.75, 3.05) is 5.94 Å². The van der Waals surface area contributed by atoms with Crippen molar-refractivity contribution in [3.63, 3.8) is 0 Å². The molecular formula is C19H15ClOS. The number of thioether (sulfide) groups is 1. The van der Waals surface area contributed by atoms with Crippen molar-refractivity contribution in [1.29, 1.82) is 0 Å². The summed E-state index contributed by atoms with van der Waals surface area (Å²) in [7, 11) is 0. The van der Waals surface area contributed by atoms with Crippen LogP contribution in [0.2, 0.25) is 5.02 Å². The maximum atomic E-state index is 5.96. The Hall–Kier alpha value is -1.90. The molecule has 0 aromatic heterocycles. The molecule has 0 saturated heterocycles. The predicted molar refractivity (Wildman–Crippen MR) is 94.7 cm³/mol. The highest BCUT2D eigenvalue weighted by Crippen LogP contribution is 2.31. The Balaban J connectivity index is 1.69. The van der Waals surface area contributed by atoms with Crippen molar-refractivity contribution in [3.05, 3.63) is 83.9 Å². The Labute approximate surface area is 139 Å². The van der Waals surface area contributed by atoms with E-state index in [1.807, 2.05) is 60.7 Å². The highest BCUT2D eigenvalue weighted by atomic mass is 35.5. The number of para-hydroxylation sites is 1. The van der Waals surface area contributed by atoms with Crippen molar-refractivity contribution in [2.45, 2.75) is 4.90 Å². The van der Waals surface area contributed by atoms with Crippen LogP contribution < -0.4 is 4.74 Å². The van der Waals surface area contributed by atoms with E-state index < -0.39 is 0 Å². The molecule has 0 unspecified atom stereocenters. The molecule has 3 aromatic rings. The summed E-state index contributed by atoms with van der Waals surface area (Å²) in [5.74, 6) is 1.46. The van der Waals surface area contributed by atoms with E-state index in [0.717, 1.165) is 26.8 Å². The summed E-state index contributed by atoms with van der Waals surface area (Å²) in [4.78, 5) is 1.14. The van der Waals surface area contributed by atoms with Gasteiger partial charge < -0.3 is 4.74 Å². The smallest absolute Gasteiger partial charge is 0.138 e. The Kier molecular flexibility index (Phi) is 5.04. The first kappa shape index (κ1) is 15.0. The van der Waals surface area contributed by atoms with Crippen LogP contribution in [0.3, 0.4) is 0 Å². The van der Waals surface area contributed by atoms with Crippen LogP contribution in [0.4, 0.5) is 0 Å². The van der Waals surface area contributed by atoms with E-state index in [2.05, 4.69) is 18.2 Å². The van der Waals surface area contributed by atoms with Crippen LogP contribution in [0.5, 0.6) is 5.75 Å². The largest absolute Gasteiger partial charge is 0.482 e. The fourth-order valence-electron chi connectivity index (χ4n) is 2.14. The summed E-state index contributed by atoms with van der Waals surface area (Å²) >= 11 is 7.54. The molecule has 0 radical (unpaired) electrons. The molecule has 0 aliphatic carbocycles. The minimum atomic E-state index is 0.561. The van der Waals surface area contributed by atoms with E-state index in [-0.39, 0.29) is 0 Å². The lowest BCUT2D eigenvalue weighted by atomic mass is 10.1. The van der Waals surface area contributed by atoms with Crippen LogP contribution in [0.25, 0.3) is 11.1 Å². The van der Waals surface area contributed by atoms with Crippen molar-refractivity contribution in [1.82, 2.24) is 0 Å². The predicted octanol–water partition coefficient (Wildman–Crippen LogP) is 6.14. The van der Waals surface area contributed by atoms with Crippen molar-refractivity contribution >= 4 is 23.4 Å². The van der Waals surface area contributed by atoms with Gasteiger partial charge in [-0.3, -0.25) is 0 Å². The number of halogens is 1. The lowest BCUT2D eigenvalue weighted by Gasteiger charge is -2.11. The lowest BCUT2D eigenvalue weighted by Crippen LogP contribution is -1.94. The Morgan fingerprint density at radius 1 is 0.773 bits per heavy atom. The molecule has 0 spiro atoms. The first-order valence-electron chi connectivity index (χ1n) is 6.98. The van der Waals surface area contributed by atoms with Crippen LogP contribution in [0.1, 0.15) is 0 Å². The highest BCUT2D eigenvalue weighted by molar-refractivity contribution is 7.99. The second kappa shape index (κ2) is 7.39. The minimum absolute atomic E-state index is 0.561.